The fraction of sp³-hybridized carbons (Fsp3) is 0.133. The summed E-state index contributed by atoms with van der Waals surface area (Å²) in [5.74, 6) is 1.19. The molecule has 2 aromatic heterocycles. The van der Waals surface area contributed by atoms with Crippen LogP contribution in [0.25, 0.3) is 5.82 Å². The Hall–Kier alpha value is -2.76. The van der Waals surface area contributed by atoms with E-state index >= 15 is 0 Å². The molecule has 0 saturated heterocycles. The van der Waals surface area contributed by atoms with Crippen molar-refractivity contribution in [2.45, 2.75) is 13.8 Å². The molecule has 106 valence electrons. The van der Waals surface area contributed by atoms with Crippen LogP contribution in [-0.2, 0) is 0 Å². The lowest BCUT2D eigenvalue weighted by atomic mass is 10.3. The predicted molar refractivity (Wildman–Crippen MR) is 75.1 cm³/mol. The highest BCUT2D eigenvalue weighted by Crippen LogP contribution is 2.21. The second kappa shape index (κ2) is 5.32. The van der Waals surface area contributed by atoms with E-state index in [-0.39, 0.29) is 5.82 Å². The van der Waals surface area contributed by atoms with E-state index in [2.05, 4.69) is 15.1 Å². The van der Waals surface area contributed by atoms with Crippen molar-refractivity contribution in [1.82, 2.24) is 19.7 Å². The van der Waals surface area contributed by atoms with Crippen LogP contribution in [0, 0.1) is 19.7 Å². The molecule has 21 heavy (non-hydrogen) atoms. The van der Waals surface area contributed by atoms with E-state index in [9.17, 15) is 4.39 Å². The molecule has 0 aliphatic carbocycles. The number of ether oxygens (including phenoxy) is 1. The molecule has 5 nitrogen and oxygen atoms in total. The van der Waals surface area contributed by atoms with Crippen molar-refractivity contribution in [2.75, 3.05) is 0 Å². The number of benzene rings is 1. The summed E-state index contributed by atoms with van der Waals surface area (Å²) in [6, 6.07) is 9.39. The van der Waals surface area contributed by atoms with Gasteiger partial charge in [0.15, 0.2) is 5.82 Å². The Morgan fingerprint density at radius 1 is 1.05 bits per heavy atom. The summed E-state index contributed by atoms with van der Waals surface area (Å²) in [5, 5.41) is 4.36. The fourth-order valence-corrected chi connectivity index (χ4v) is 1.99. The summed E-state index contributed by atoms with van der Waals surface area (Å²) in [6.07, 6.45) is 1.41. The maximum Gasteiger partial charge on any atom is 0.224 e. The van der Waals surface area contributed by atoms with Gasteiger partial charge in [-0.25, -0.2) is 19.0 Å². The summed E-state index contributed by atoms with van der Waals surface area (Å²) in [6.45, 7) is 3.86. The predicted octanol–water partition coefficient (Wildman–Crippen LogP) is 3.21. The van der Waals surface area contributed by atoms with E-state index in [1.807, 2.05) is 19.9 Å². The van der Waals surface area contributed by atoms with Gasteiger partial charge in [0.2, 0.25) is 5.88 Å². The standard InChI is InChI=1S/C15H13FN4O/c1-10-7-11(2)20(19-10)14-8-15(18-9-17-14)21-13-5-3-12(16)4-6-13/h3-9H,1-2H3. The van der Waals surface area contributed by atoms with Gasteiger partial charge in [-0.3, -0.25) is 0 Å². The maximum atomic E-state index is 12.9. The third-order valence-corrected chi connectivity index (χ3v) is 2.89. The van der Waals surface area contributed by atoms with Crippen molar-refractivity contribution in [2.24, 2.45) is 0 Å². The normalized spacial score (nSPS) is 10.6. The number of nitrogens with zero attached hydrogens (tertiary/aromatic N) is 4. The lowest BCUT2D eigenvalue weighted by molar-refractivity contribution is 0.459. The summed E-state index contributed by atoms with van der Waals surface area (Å²) >= 11 is 0. The zero-order valence-corrected chi connectivity index (χ0v) is 11.6. The lowest BCUT2D eigenvalue weighted by Gasteiger charge is -2.07. The van der Waals surface area contributed by atoms with Gasteiger partial charge in [0.05, 0.1) is 5.69 Å². The number of hydrogen-bond donors (Lipinski definition) is 0. The third kappa shape index (κ3) is 2.89. The van der Waals surface area contributed by atoms with Crippen molar-refractivity contribution < 1.29 is 9.13 Å². The first-order valence-electron chi connectivity index (χ1n) is 6.41. The molecule has 0 spiro atoms. The van der Waals surface area contributed by atoms with Gasteiger partial charge in [0.1, 0.15) is 17.9 Å². The Bertz CT molecular complexity index is 768. The van der Waals surface area contributed by atoms with Crippen LogP contribution in [0.3, 0.4) is 0 Å². The van der Waals surface area contributed by atoms with Crippen LogP contribution < -0.4 is 4.74 Å². The molecule has 0 amide bonds. The molecule has 0 unspecified atom stereocenters. The van der Waals surface area contributed by atoms with E-state index in [1.54, 1.807) is 22.9 Å². The first-order chi connectivity index (χ1) is 10.1. The Balaban J connectivity index is 1.89. The molecule has 3 rings (SSSR count). The Labute approximate surface area is 121 Å². The molecular formula is C15H13FN4O. The maximum absolute atomic E-state index is 12.9. The average molecular weight is 284 g/mol. The molecule has 0 aliphatic heterocycles. The van der Waals surface area contributed by atoms with E-state index < -0.39 is 0 Å². The van der Waals surface area contributed by atoms with Gasteiger partial charge in [0, 0.05) is 11.8 Å². The highest BCUT2D eigenvalue weighted by molar-refractivity contribution is 5.32. The van der Waals surface area contributed by atoms with Gasteiger partial charge in [-0.05, 0) is 44.2 Å². The van der Waals surface area contributed by atoms with Crippen molar-refractivity contribution in [3.63, 3.8) is 0 Å². The van der Waals surface area contributed by atoms with Crippen LogP contribution >= 0.6 is 0 Å². The van der Waals surface area contributed by atoms with Crippen LogP contribution in [0.1, 0.15) is 11.4 Å². The van der Waals surface area contributed by atoms with Crippen molar-refractivity contribution in [3.05, 3.63) is 59.9 Å². The van der Waals surface area contributed by atoms with E-state index in [0.717, 1.165) is 11.4 Å². The SMILES string of the molecule is Cc1cc(C)n(-c2cc(Oc3ccc(F)cc3)ncn2)n1. The molecule has 0 N–H and O–H groups in total. The Kier molecular flexibility index (Phi) is 3.35. The first kappa shape index (κ1) is 13.2. The quantitative estimate of drug-likeness (QED) is 0.741. The van der Waals surface area contributed by atoms with Crippen molar-refractivity contribution in [3.8, 4) is 17.4 Å². The molecule has 0 bridgehead atoms. The summed E-state index contributed by atoms with van der Waals surface area (Å²) in [7, 11) is 0. The third-order valence-electron chi connectivity index (χ3n) is 2.89. The summed E-state index contributed by atoms with van der Waals surface area (Å²) < 4.78 is 20.2. The molecular weight excluding hydrogens is 271 g/mol. The van der Waals surface area contributed by atoms with Crippen molar-refractivity contribution >= 4 is 0 Å². The number of aryl methyl sites for hydroxylation is 2. The second-order valence-corrected chi connectivity index (χ2v) is 4.61. The zero-order valence-electron chi connectivity index (χ0n) is 11.6. The highest BCUT2D eigenvalue weighted by atomic mass is 19.1. The van der Waals surface area contributed by atoms with Gasteiger partial charge >= 0.3 is 0 Å². The van der Waals surface area contributed by atoms with Gasteiger partial charge in [-0.2, -0.15) is 5.10 Å². The first-order valence-corrected chi connectivity index (χ1v) is 6.41. The molecule has 0 atom stereocenters. The van der Waals surface area contributed by atoms with Crippen LogP contribution in [0.4, 0.5) is 4.39 Å². The molecule has 0 aliphatic rings. The van der Waals surface area contributed by atoms with Crippen LogP contribution in [0.15, 0.2) is 42.7 Å². The van der Waals surface area contributed by atoms with Gasteiger partial charge in [-0.15, -0.1) is 0 Å². The average Bonchev–Trinajstić information content (AvgIpc) is 2.81. The second-order valence-electron chi connectivity index (χ2n) is 4.61. The molecule has 2 heterocycles. The zero-order chi connectivity index (χ0) is 14.8. The molecule has 0 saturated carbocycles. The number of rotatable bonds is 3. The Morgan fingerprint density at radius 2 is 1.81 bits per heavy atom. The summed E-state index contributed by atoms with van der Waals surface area (Å²) in [5.41, 5.74) is 1.88. The molecule has 0 radical (unpaired) electrons. The van der Waals surface area contributed by atoms with Gasteiger partial charge < -0.3 is 4.74 Å². The lowest BCUT2D eigenvalue weighted by Crippen LogP contribution is -2.03. The van der Waals surface area contributed by atoms with Gasteiger partial charge in [-0.1, -0.05) is 0 Å². The number of hydrogen-bond acceptors (Lipinski definition) is 4. The highest BCUT2D eigenvalue weighted by Gasteiger charge is 2.07. The minimum atomic E-state index is -0.312. The Morgan fingerprint density at radius 3 is 2.48 bits per heavy atom. The van der Waals surface area contributed by atoms with Crippen LogP contribution in [0.5, 0.6) is 11.6 Å². The topological polar surface area (TPSA) is 52.8 Å². The largest absolute Gasteiger partial charge is 0.439 e. The minimum Gasteiger partial charge on any atom is -0.439 e. The molecule has 0 fully saturated rings. The van der Waals surface area contributed by atoms with E-state index in [1.165, 1.54) is 18.5 Å². The summed E-state index contributed by atoms with van der Waals surface area (Å²) in [4.78, 5) is 8.24. The monoisotopic (exact) mass is 284 g/mol. The molecule has 3 aromatic rings. The van der Waals surface area contributed by atoms with E-state index in [4.69, 9.17) is 4.74 Å². The number of halogens is 1. The van der Waals surface area contributed by atoms with E-state index in [0.29, 0.717) is 17.4 Å². The smallest absolute Gasteiger partial charge is 0.224 e. The van der Waals surface area contributed by atoms with Gasteiger partial charge in [0.25, 0.3) is 0 Å². The van der Waals surface area contributed by atoms with Crippen molar-refractivity contribution in [1.29, 1.82) is 0 Å². The van der Waals surface area contributed by atoms with Crippen LogP contribution in [0.2, 0.25) is 0 Å². The minimum absolute atomic E-state index is 0.312. The fourth-order valence-electron chi connectivity index (χ4n) is 1.99. The molecule has 6 heteroatoms. The number of aromatic nitrogens is 4. The van der Waals surface area contributed by atoms with Crippen LogP contribution in [-0.4, -0.2) is 19.7 Å². The molecule has 1 aromatic carbocycles.